The average molecular weight is 328 g/mol. The first-order valence-electron chi connectivity index (χ1n) is 7.50. The third kappa shape index (κ3) is 2.88. The summed E-state index contributed by atoms with van der Waals surface area (Å²) in [5.74, 6) is 1.71. The van der Waals surface area contributed by atoms with Crippen molar-refractivity contribution < 1.29 is 9.53 Å². The van der Waals surface area contributed by atoms with E-state index in [1.54, 1.807) is 24.8 Å². The summed E-state index contributed by atoms with van der Waals surface area (Å²) in [5.41, 5.74) is 0.411. The van der Waals surface area contributed by atoms with Gasteiger partial charge in [-0.05, 0) is 12.1 Å². The van der Waals surface area contributed by atoms with Crippen LogP contribution in [0.15, 0.2) is 43.1 Å². The van der Waals surface area contributed by atoms with E-state index in [-0.39, 0.29) is 16.8 Å². The van der Waals surface area contributed by atoms with Crippen LogP contribution in [0.4, 0.5) is 0 Å². The number of pyridine rings is 1. The van der Waals surface area contributed by atoms with Gasteiger partial charge in [-0.2, -0.15) is 0 Å². The molecule has 2 aliphatic heterocycles. The molecule has 4 rings (SSSR count). The van der Waals surface area contributed by atoms with E-state index in [0.717, 1.165) is 31.0 Å². The minimum Gasteiger partial charge on any atom is -0.488 e. The van der Waals surface area contributed by atoms with Crippen molar-refractivity contribution in [1.29, 1.82) is 0 Å². The van der Waals surface area contributed by atoms with Crippen molar-refractivity contribution in [2.24, 2.45) is 0 Å². The molecule has 0 saturated carbocycles. The summed E-state index contributed by atoms with van der Waals surface area (Å²) in [6.45, 7) is 1.50. The fourth-order valence-corrected chi connectivity index (χ4v) is 4.60. The Hall–Kier alpha value is -2.15. The molecule has 118 valence electrons. The number of thioether (sulfide) groups is 1. The zero-order valence-electron chi connectivity index (χ0n) is 12.5. The van der Waals surface area contributed by atoms with Crippen molar-refractivity contribution in [3.63, 3.8) is 0 Å². The van der Waals surface area contributed by atoms with Crippen LogP contribution in [-0.4, -0.2) is 55.5 Å². The van der Waals surface area contributed by atoms with Gasteiger partial charge >= 0.3 is 0 Å². The molecule has 2 aromatic rings. The molecule has 2 fully saturated rings. The number of carbonyl (C=O) groups is 1. The molecule has 6 nitrogen and oxygen atoms in total. The van der Waals surface area contributed by atoms with Crippen LogP contribution in [0.1, 0.15) is 16.9 Å². The molecule has 1 atom stereocenters. The molecule has 2 saturated heterocycles. The monoisotopic (exact) mass is 328 g/mol. The fourth-order valence-electron chi connectivity index (χ4n) is 3.07. The zero-order chi connectivity index (χ0) is 15.7. The lowest BCUT2D eigenvalue weighted by molar-refractivity contribution is 0.0511. The highest BCUT2D eigenvalue weighted by Crippen LogP contribution is 2.46. The predicted molar refractivity (Wildman–Crippen MR) is 86.4 cm³/mol. The highest BCUT2D eigenvalue weighted by Gasteiger charge is 2.51. The third-order valence-electron chi connectivity index (χ3n) is 4.14. The largest absolute Gasteiger partial charge is 0.488 e. The fraction of sp³-hybridized carbons (Fsp3) is 0.375. The predicted octanol–water partition coefficient (Wildman–Crippen LogP) is 1.65. The lowest BCUT2D eigenvalue weighted by Crippen LogP contribution is -2.61. The van der Waals surface area contributed by atoms with Gasteiger partial charge in [0.2, 0.25) is 0 Å². The van der Waals surface area contributed by atoms with Crippen LogP contribution in [0, 0.1) is 0 Å². The topological polar surface area (TPSA) is 68.2 Å². The van der Waals surface area contributed by atoms with E-state index in [1.165, 1.54) is 6.20 Å². The molecule has 0 aliphatic carbocycles. The van der Waals surface area contributed by atoms with E-state index in [4.69, 9.17) is 4.74 Å². The van der Waals surface area contributed by atoms with E-state index in [2.05, 4.69) is 15.0 Å². The molecular weight excluding hydrogens is 312 g/mol. The van der Waals surface area contributed by atoms with Gasteiger partial charge in [-0.25, -0.2) is 4.98 Å². The Labute approximate surface area is 138 Å². The van der Waals surface area contributed by atoms with E-state index in [1.807, 2.05) is 28.8 Å². The number of nitrogens with zero attached hydrogens (tertiary/aromatic N) is 4. The van der Waals surface area contributed by atoms with Gasteiger partial charge in [0.25, 0.3) is 5.91 Å². The number of likely N-dealkylation sites (tertiary alicyclic amines) is 1. The lowest BCUT2D eigenvalue weighted by Gasteiger charge is -2.47. The van der Waals surface area contributed by atoms with Crippen molar-refractivity contribution >= 4 is 17.7 Å². The molecule has 0 aromatic carbocycles. The standard InChI is InChI=1S/C16H16N4O2S/c21-15(14-8-18-4-5-19-14)20-10-16(11-20)6-13(9-23-16)22-12-2-1-3-17-7-12/h1-5,7-8,13H,6,9-11H2/t13-/m1/s1. The summed E-state index contributed by atoms with van der Waals surface area (Å²) in [6, 6.07) is 3.80. The van der Waals surface area contributed by atoms with Crippen LogP contribution in [-0.2, 0) is 0 Å². The van der Waals surface area contributed by atoms with Gasteiger partial charge < -0.3 is 9.64 Å². The van der Waals surface area contributed by atoms with Gasteiger partial charge in [0, 0.05) is 43.9 Å². The summed E-state index contributed by atoms with van der Waals surface area (Å²) >= 11 is 1.90. The number of amides is 1. The summed E-state index contributed by atoms with van der Waals surface area (Å²) in [5, 5.41) is 0. The maximum atomic E-state index is 12.3. The van der Waals surface area contributed by atoms with E-state index in [0.29, 0.717) is 5.69 Å². The minimum absolute atomic E-state index is 0.0408. The van der Waals surface area contributed by atoms with Gasteiger partial charge in [-0.3, -0.25) is 14.8 Å². The maximum Gasteiger partial charge on any atom is 0.274 e. The molecular formula is C16H16N4O2S. The number of aromatic nitrogens is 3. The van der Waals surface area contributed by atoms with Gasteiger partial charge in [0.1, 0.15) is 17.5 Å². The van der Waals surface area contributed by atoms with Gasteiger partial charge in [-0.15, -0.1) is 11.8 Å². The van der Waals surface area contributed by atoms with Crippen LogP contribution in [0.5, 0.6) is 5.75 Å². The average Bonchev–Trinajstić information content (AvgIpc) is 2.99. The van der Waals surface area contributed by atoms with Crippen molar-refractivity contribution in [1.82, 2.24) is 19.9 Å². The van der Waals surface area contributed by atoms with Crippen molar-refractivity contribution in [3.05, 3.63) is 48.8 Å². The number of carbonyl (C=O) groups excluding carboxylic acids is 1. The van der Waals surface area contributed by atoms with Crippen LogP contribution >= 0.6 is 11.8 Å². The first-order valence-corrected chi connectivity index (χ1v) is 8.49. The van der Waals surface area contributed by atoms with Crippen LogP contribution in [0.2, 0.25) is 0 Å². The van der Waals surface area contributed by atoms with Gasteiger partial charge in [0.15, 0.2) is 0 Å². The normalized spacial score (nSPS) is 21.9. The Kier molecular flexibility index (Phi) is 3.65. The number of ether oxygens (including phenoxy) is 1. The zero-order valence-corrected chi connectivity index (χ0v) is 13.3. The second-order valence-corrected chi connectivity index (χ2v) is 7.37. The second kappa shape index (κ2) is 5.81. The van der Waals surface area contributed by atoms with Crippen molar-refractivity contribution in [2.75, 3.05) is 18.8 Å². The molecule has 2 aromatic heterocycles. The summed E-state index contributed by atoms with van der Waals surface area (Å²) < 4.78 is 6.11. The lowest BCUT2D eigenvalue weighted by atomic mass is 9.92. The number of hydrogen-bond donors (Lipinski definition) is 0. The molecule has 4 heterocycles. The van der Waals surface area contributed by atoms with Gasteiger partial charge in [0.05, 0.1) is 17.1 Å². The van der Waals surface area contributed by atoms with E-state index >= 15 is 0 Å². The van der Waals surface area contributed by atoms with E-state index < -0.39 is 0 Å². The first-order chi connectivity index (χ1) is 11.2. The molecule has 1 amide bonds. The van der Waals surface area contributed by atoms with Crippen LogP contribution in [0.25, 0.3) is 0 Å². The van der Waals surface area contributed by atoms with Crippen LogP contribution in [0.3, 0.4) is 0 Å². The Morgan fingerprint density at radius 1 is 1.26 bits per heavy atom. The second-order valence-electron chi connectivity index (χ2n) is 5.88. The Morgan fingerprint density at radius 3 is 2.87 bits per heavy atom. The highest BCUT2D eigenvalue weighted by atomic mass is 32.2. The minimum atomic E-state index is -0.0408. The Morgan fingerprint density at radius 2 is 2.13 bits per heavy atom. The molecule has 0 radical (unpaired) electrons. The van der Waals surface area contributed by atoms with E-state index in [9.17, 15) is 4.79 Å². The molecule has 2 aliphatic rings. The summed E-state index contributed by atoms with van der Waals surface area (Å²) in [7, 11) is 0. The Bertz CT molecular complexity index is 692. The molecule has 0 bridgehead atoms. The first kappa shape index (κ1) is 14.4. The van der Waals surface area contributed by atoms with Gasteiger partial charge in [-0.1, -0.05) is 0 Å². The molecule has 1 spiro atoms. The van der Waals surface area contributed by atoms with Crippen molar-refractivity contribution in [2.45, 2.75) is 17.3 Å². The summed E-state index contributed by atoms with van der Waals surface area (Å²) in [4.78, 5) is 26.2. The molecule has 0 N–H and O–H groups in total. The van der Waals surface area contributed by atoms with Crippen LogP contribution < -0.4 is 4.74 Å². The molecule has 0 unspecified atom stereocenters. The van der Waals surface area contributed by atoms with Crippen molar-refractivity contribution in [3.8, 4) is 5.75 Å². The number of hydrogen-bond acceptors (Lipinski definition) is 6. The SMILES string of the molecule is O=C(c1cnccn1)N1CC2(C[C@@H](Oc3cccnc3)CS2)C1. The Balaban J connectivity index is 1.34. The highest BCUT2D eigenvalue weighted by molar-refractivity contribution is 8.01. The molecule has 23 heavy (non-hydrogen) atoms. The smallest absolute Gasteiger partial charge is 0.274 e. The number of rotatable bonds is 3. The maximum absolute atomic E-state index is 12.3. The summed E-state index contributed by atoms with van der Waals surface area (Å²) in [6.07, 6.45) is 9.24. The molecule has 7 heteroatoms. The third-order valence-corrected chi connectivity index (χ3v) is 5.72. The quantitative estimate of drug-likeness (QED) is 0.853.